The summed E-state index contributed by atoms with van der Waals surface area (Å²) in [6, 6.07) is 11.7. The van der Waals surface area contributed by atoms with Gasteiger partial charge in [0.25, 0.3) is 5.91 Å². The van der Waals surface area contributed by atoms with Crippen molar-refractivity contribution < 1.29 is 23.6 Å². The molecule has 0 unspecified atom stereocenters. The quantitative estimate of drug-likeness (QED) is 0.356. The molecular weight excluding hydrogens is 636 g/mol. The lowest BCUT2D eigenvalue weighted by Gasteiger charge is -2.29. The van der Waals surface area contributed by atoms with E-state index in [4.69, 9.17) is 4.42 Å². The number of aromatic nitrogens is 3. The molecule has 13 nitrogen and oxygen atoms in total. The summed E-state index contributed by atoms with van der Waals surface area (Å²) in [5.74, 6) is 1.46. The maximum absolute atomic E-state index is 13.9. The van der Waals surface area contributed by atoms with Crippen molar-refractivity contribution >= 4 is 23.6 Å². The van der Waals surface area contributed by atoms with Crippen LogP contribution in [0.25, 0.3) is 0 Å². The van der Waals surface area contributed by atoms with E-state index in [-0.39, 0.29) is 48.3 Å². The van der Waals surface area contributed by atoms with Crippen LogP contribution >= 0.6 is 0 Å². The van der Waals surface area contributed by atoms with E-state index < -0.39 is 12.1 Å². The molecule has 5 rings (SSSR count). The zero-order valence-electron chi connectivity index (χ0n) is 29.8. The lowest BCUT2D eigenvalue weighted by molar-refractivity contribution is -0.129. The number of nitrogens with zero attached hydrogens (tertiary/aromatic N) is 5. The summed E-state index contributed by atoms with van der Waals surface area (Å²) >= 11 is 0. The summed E-state index contributed by atoms with van der Waals surface area (Å²) in [4.78, 5) is 62.6. The van der Waals surface area contributed by atoms with Gasteiger partial charge in [-0.15, -0.1) is 0 Å². The Labute approximate surface area is 294 Å². The summed E-state index contributed by atoms with van der Waals surface area (Å²) in [6.45, 7) is 11.6. The third-order valence-corrected chi connectivity index (χ3v) is 9.45. The van der Waals surface area contributed by atoms with Crippen molar-refractivity contribution in [3.05, 3.63) is 71.2 Å². The number of nitrogens with one attached hydrogen (secondary N) is 3. The molecule has 2 aliphatic rings. The Bertz CT molecular complexity index is 1590. The molecule has 2 aromatic heterocycles. The van der Waals surface area contributed by atoms with Gasteiger partial charge in [-0.1, -0.05) is 51.1 Å². The van der Waals surface area contributed by atoms with Crippen LogP contribution in [0.2, 0.25) is 0 Å². The normalized spacial score (nSPS) is 21.1. The Morgan fingerprint density at radius 1 is 0.960 bits per heavy atom. The fourth-order valence-corrected chi connectivity index (χ4v) is 6.54. The second-order valence-electron chi connectivity index (χ2n) is 14.0. The van der Waals surface area contributed by atoms with Crippen LogP contribution in [0.3, 0.4) is 0 Å². The number of carbonyl (C=O) groups excluding carboxylic acids is 4. The SMILES string of the molecule is Cc1nc2n(n1)CC(=O)NCCCN(C(=O)c1ccc(CN3CCC(C)CC3)o1)CCCC(=O)N[C@H](Cc1ccccc1)C(=O)N[C@H]2C(C)C. The molecule has 50 heavy (non-hydrogen) atoms. The minimum Gasteiger partial charge on any atom is -0.455 e. The lowest BCUT2D eigenvalue weighted by atomic mass is 9.99. The Morgan fingerprint density at radius 2 is 1.70 bits per heavy atom. The molecule has 1 fully saturated rings. The van der Waals surface area contributed by atoms with E-state index in [1.165, 1.54) is 4.68 Å². The number of benzene rings is 1. The third kappa shape index (κ3) is 10.3. The van der Waals surface area contributed by atoms with E-state index in [9.17, 15) is 19.2 Å². The predicted molar refractivity (Wildman–Crippen MR) is 188 cm³/mol. The molecule has 4 amide bonds. The number of amides is 4. The first-order valence-corrected chi connectivity index (χ1v) is 18.0. The van der Waals surface area contributed by atoms with E-state index in [0.717, 1.165) is 43.2 Å². The highest BCUT2D eigenvalue weighted by Crippen LogP contribution is 2.22. The predicted octanol–water partition coefficient (Wildman–Crippen LogP) is 3.39. The minimum absolute atomic E-state index is 0.0762. The number of rotatable bonds is 6. The molecule has 0 radical (unpaired) electrons. The minimum atomic E-state index is -0.854. The first-order chi connectivity index (χ1) is 24.0. The number of fused-ring (bicyclic) bond motifs is 1. The second-order valence-corrected chi connectivity index (χ2v) is 14.0. The summed E-state index contributed by atoms with van der Waals surface area (Å²) < 4.78 is 7.56. The van der Waals surface area contributed by atoms with Gasteiger partial charge in [-0.2, -0.15) is 5.10 Å². The molecule has 4 heterocycles. The lowest BCUT2D eigenvalue weighted by Crippen LogP contribution is -2.50. The summed E-state index contributed by atoms with van der Waals surface area (Å²) in [5, 5.41) is 13.4. The van der Waals surface area contributed by atoms with Gasteiger partial charge in [-0.05, 0) is 75.2 Å². The second kappa shape index (κ2) is 17.4. The number of aryl methyl sites for hydroxylation is 1. The number of likely N-dealkylation sites (tertiary alicyclic amines) is 1. The zero-order valence-corrected chi connectivity index (χ0v) is 29.8. The highest BCUT2D eigenvalue weighted by Gasteiger charge is 2.30. The first kappa shape index (κ1) is 36.8. The van der Waals surface area contributed by atoms with E-state index in [1.54, 1.807) is 17.9 Å². The maximum Gasteiger partial charge on any atom is 0.289 e. The molecule has 0 saturated carbocycles. The van der Waals surface area contributed by atoms with Crippen LogP contribution < -0.4 is 16.0 Å². The van der Waals surface area contributed by atoms with Crippen molar-refractivity contribution in [2.75, 3.05) is 32.7 Å². The molecule has 1 aromatic carbocycles. The van der Waals surface area contributed by atoms with Crippen molar-refractivity contribution in [3.63, 3.8) is 0 Å². The van der Waals surface area contributed by atoms with E-state index >= 15 is 0 Å². The van der Waals surface area contributed by atoms with Crippen LogP contribution in [-0.2, 0) is 33.9 Å². The van der Waals surface area contributed by atoms with Crippen molar-refractivity contribution in [1.82, 2.24) is 40.5 Å². The molecule has 0 bridgehead atoms. The largest absolute Gasteiger partial charge is 0.455 e. The van der Waals surface area contributed by atoms with Crippen LogP contribution in [0.1, 0.15) is 92.4 Å². The van der Waals surface area contributed by atoms with E-state index in [0.29, 0.717) is 57.1 Å². The Balaban J connectivity index is 1.33. The number of carbonyl (C=O) groups is 4. The molecule has 2 aliphatic heterocycles. The number of hydrogen-bond donors (Lipinski definition) is 3. The van der Waals surface area contributed by atoms with Crippen molar-refractivity contribution in [3.8, 4) is 0 Å². The van der Waals surface area contributed by atoms with Gasteiger partial charge in [-0.3, -0.25) is 24.1 Å². The van der Waals surface area contributed by atoms with Gasteiger partial charge < -0.3 is 25.3 Å². The zero-order chi connectivity index (χ0) is 35.6. The summed E-state index contributed by atoms with van der Waals surface area (Å²) in [7, 11) is 0. The molecule has 0 spiro atoms. The Kier molecular flexibility index (Phi) is 12.8. The molecule has 3 N–H and O–H groups in total. The van der Waals surface area contributed by atoms with E-state index in [2.05, 4.69) is 37.9 Å². The maximum atomic E-state index is 13.9. The highest BCUT2D eigenvalue weighted by molar-refractivity contribution is 5.91. The van der Waals surface area contributed by atoms with Gasteiger partial charge in [0.15, 0.2) is 11.6 Å². The molecule has 0 aliphatic carbocycles. The topological polar surface area (TPSA) is 155 Å². The van der Waals surface area contributed by atoms with Gasteiger partial charge in [0.05, 0.1) is 12.6 Å². The van der Waals surface area contributed by atoms with Gasteiger partial charge in [0, 0.05) is 32.5 Å². The third-order valence-electron chi connectivity index (χ3n) is 9.45. The van der Waals surface area contributed by atoms with E-state index in [1.807, 2.05) is 50.2 Å². The fourth-order valence-electron chi connectivity index (χ4n) is 6.54. The van der Waals surface area contributed by atoms with Crippen LogP contribution in [0.4, 0.5) is 0 Å². The van der Waals surface area contributed by atoms with Gasteiger partial charge >= 0.3 is 0 Å². The molecule has 1 saturated heterocycles. The number of hydrogen-bond acceptors (Lipinski definition) is 8. The highest BCUT2D eigenvalue weighted by atomic mass is 16.4. The smallest absolute Gasteiger partial charge is 0.289 e. The summed E-state index contributed by atoms with van der Waals surface area (Å²) in [5.41, 5.74) is 0.899. The van der Waals surface area contributed by atoms with Crippen molar-refractivity contribution in [2.45, 2.75) is 91.4 Å². The Morgan fingerprint density at radius 3 is 2.44 bits per heavy atom. The summed E-state index contributed by atoms with van der Waals surface area (Å²) in [6.07, 6.45) is 3.62. The Hall–Kier alpha value is -4.52. The van der Waals surface area contributed by atoms with Crippen molar-refractivity contribution in [2.24, 2.45) is 11.8 Å². The fraction of sp³-hybridized carbons (Fsp3) is 0.568. The van der Waals surface area contributed by atoms with Crippen LogP contribution in [0.15, 0.2) is 46.9 Å². The molecule has 3 aromatic rings. The van der Waals surface area contributed by atoms with Crippen molar-refractivity contribution in [1.29, 1.82) is 0 Å². The van der Waals surface area contributed by atoms with Gasteiger partial charge in [-0.25, -0.2) is 9.67 Å². The van der Waals surface area contributed by atoms with Gasteiger partial charge in [0.2, 0.25) is 17.7 Å². The van der Waals surface area contributed by atoms with Crippen LogP contribution in [-0.4, -0.2) is 87.0 Å². The van der Waals surface area contributed by atoms with Crippen LogP contribution in [0, 0.1) is 18.8 Å². The molecule has 270 valence electrons. The first-order valence-electron chi connectivity index (χ1n) is 18.0. The monoisotopic (exact) mass is 688 g/mol. The number of furan rings is 1. The van der Waals surface area contributed by atoms with Crippen LogP contribution in [0.5, 0.6) is 0 Å². The molecule has 13 heteroatoms. The molecular formula is C37H52N8O5. The standard InChI is InChI=1S/C37H52N8O5/c1-25(2)34-35-39-27(4)42-45(35)24-33(47)38-17-9-19-44(37(49)31-14-13-29(50-31)23-43-20-15-26(3)16-21-43)18-8-12-32(46)40-30(36(48)41-34)22-28-10-6-5-7-11-28/h5-7,10-11,13-14,25-26,30,34H,8-9,12,15-24H2,1-4H3,(H,38,47)(H,40,46)(H,41,48)/t30-,34+/m1/s1. The number of piperidine rings is 1. The molecule has 2 atom stereocenters. The van der Waals surface area contributed by atoms with Gasteiger partial charge in [0.1, 0.15) is 24.2 Å². The average Bonchev–Trinajstić information content (AvgIpc) is 3.70. The average molecular weight is 689 g/mol.